The molecule has 0 unspecified atom stereocenters. The molecule has 3 rings (SSSR count). The molecule has 0 spiro atoms. The molecule has 0 aliphatic heterocycles. The second-order valence-electron chi connectivity index (χ2n) is 3.93. The van der Waals surface area contributed by atoms with Crippen LogP contribution in [0.1, 0.15) is 23.2 Å². The van der Waals surface area contributed by atoms with Crippen molar-refractivity contribution in [3.8, 4) is 0 Å². The minimum absolute atomic E-state index is 1.24. The van der Waals surface area contributed by atoms with Crippen LogP contribution in [-0.4, -0.2) is 4.98 Å². The molecule has 0 saturated heterocycles. The molecule has 1 N–H and O–H groups in total. The molecule has 1 aromatic carbocycles. The predicted molar refractivity (Wildman–Crippen MR) is 55.1 cm³/mol. The monoisotopic (exact) mass is 171 g/mol. The van der Waals surface area contributed by atoms with Crippen LogP contribution in [0.2, 0.25) is 0 Å². The van der Waals surface area contributed by atoms with Crippen molar-refractivity contribution in [2.75, 3.05) is 0 Å². The second-order valence-corrected chi connectivity index (χ2v) is 3.93. The third-order valence-corrected chi connectivity index (χ3v) is 3.09. The van der Waals surface area contributed by atoms with Crippen LogP contribution in [0.15, 0.2) is 18.2 Å². The van der Waals surface area contributed by atoms with Gasteiger partial charge in [-0.25, -0.2) is 0 Å². The number of fused-ring (bicyclic) bond motifs is 3. The molecule has 1 nitrogen and oxygen atoms in total. The topological polar surface area (TPSA) is 15.8 Å². The highest BCUT2D eigenvalue weighted by Gasteiger charge is 2.16. The van der Waals surface area contributed by atoms with Crippen LogP contribution in [-0.2, 0) is 12.8 Å². The quantitative estimate of drug-likeness (QED) is 0.627. The maximum Gasteiger partial charge on any atom is 0.0488 e. The molecular formula is C12H13N. The molecule has 0 atom stereocenters. The van der Waals surface area contributed by atoms with E-state index in [2.05, 4.69) is 30.1 Å². The largest absolute Gasteiger partial charge is 0.358 e. The molecule has 0 saturated carbocycles. The van der Waals surface area contributed by atoms with Gasteiger partial charge in [0.2, 0.25) is 0 Å². The number of para-hydroxylation sites is 1. The van der Waals surface area contributed by atoms with E-state index in [0.29, 0.717) is 0 Å². The van der Waals surface area contributed by atoms with Crippen molar-refractivity contribution in [1.82, 2.24) is 4.98 Å². The van der Waals surface area contributed by atoms with Crippen LogP contribution in [0.3, 0.4) is 0 Å². The number of aryl methyl sites for hydroxylation is 3. The summed E-state index contributed by atoms with van der Waals surface area (Å²) in [6.07, 6.45) is 3.83. The number of aromatic nitrogens is 1. The summed E-state index contributed by atoms with van der Waals surface area (Å²) in [5, 5.41) is 1.45. The molecular weight excluding hydrogens is 158 g/mol. The van der Waals surface area contributed by atoms with Gasteiger partial charge in [-0.1, -0.05) is 18.2 Å². The molecule has 1 aliphatic rings. The standard InChI is InChI=1S/C12H13N/c1-8-4-2-6-10-9-5-3-7-11(9)13-12(8)10/h2,4,6,13H,3,5,7H2,1H3. The Labute approximate surface area is 77.8 Å². The first-order valence-corrected chi connectivity index (χ1v) is 4.95. The summed E-state index contributed by atoms with van der Waals surface area (Å²) >= 11 is 0. The first-order chi connectivity index (χ1) is 6.36. The van der Waals surface area contributed by atoms with Gasteiger partial charge >= 0.3 is 0 Å². The Kier molecular flexibility index (Phi) is 1.32. The van der Waals surface area contributed by atoms with Gasteiger partial charge in [-0.05, 0) is 37.3 Å². The number of nitrogens with one attached hydrogen (secondary N) is 1. The number of H-pyrrole nitrogens is 1. The zero-order chi connectivity index (χ0) is 8.84. The highest BCUT2D eigenvalue weighted by Crippen LogP contribution is 2.30. The number of aromatic amines is 1. The van der Waals surface area contributed by atoms with Gasteiger partial charge < -0.3 is 4.98 Å². The zero-order valence-electron chi connectivity index (χ0n) is 7.85. The Balaban J connectivity index is 2.44. The molecule has 2 aromatic rings. The summed E-state index contributed by atoms with van der Waals surface area (Å²) in [6.45, 7) is 2.17. The molecule has 0 bridgehead atoms. The molecule has 1 heteroatoms. The third-order valence-electron chi connectivity index (χ3n) is 3.09. The van der Waals surface area contributed by atoms with Gasteiger partial charge in [-0.15, -0.1) is 0 Å². The zero-order valence-corrected chi connectivity index (χ0v) is 7.85. The Morgan fingerprint density at radius 1 is 1.23 bits per heavy atom. The SMILES string of the molecule is Cc1cccc2c3c([nH]c12)CCC3. The fourth-order valence-corrected chi connectivity index (χ4v) is 2.41. The molecule has 13 heavy (non-hydrogen) atoms. The first kappa shape index (κ1) is 7.19. The van der Waals surface area contributed by atoms with Crippen LogP contribution < -0.4 is 0 Å². The predicted octanol–water partition coefficient (Wildman–Crippen LogP) is 2.97. The lowest BCUT2D eigenvalue weighted by Crippen LogP contribution is -1.79. The Morgan fingerprint density at radius 3 is 3.08 bits per heavy atom. The van der Waals surface area contributed by atoms with Gasteiger partial charge in [0.15, 0.2) is 0 Å². The summed E-state index contributed by atoms with van der Waals surface area (Å²) in [5.74, 6) is 0. The Bertz CT molecular complexity index is 465. The van der Waals surface area contributed by atoms with E-state index < -0.39 is 0 Å². The van der Waals surface area contributed by atoms with E-state index in [4.69, 9.17) is 0 Å². The molecule has 0 amide bonds. The van der Waals surface area contributed by atoms with Crippen LogP contribution >= 0.6 is 0 Å². The van der Waals surface area contributed by atoms with Crippen molar-refractivity contribution in [2.45, 2.75) is 26.2 Å². The fraction of sp³-hybridized carbons (Fsp3) is 0.333. The van der Waals surface area contributed by atoms with Crippen LogP contribution in [0, 0.1) is 6.92 Å². The number of hydrogen-bond acceptors (Lipinski definition) is 0. The van der Waals surface area contributed by atoms with Gasteiger partial charge in [0.25, 0.3) is 0 Å². The number of hydrogen-bond donors (Lipinski definition) is 1. The lowest BCUT2D eigenvalue weighted by atomic mass is 10.1. The van der Waals surface area contributed by atoms with Gasteiger partial charge in [0.05, 0.1) is 0 Å². The van der Waals surface area contributed by atoms with Gasteiger partial charge in [-0.2, -0.15) is 0 Å². The normalized spacial score (nSPS) is 15.2. The van der Waals surface area contributed by atoms with E-state index in [9.17, 15) is 0 Å². The van der Waals surface area contributed by atoms with Crippen molar-refractivity contribution >= 4 is 10.9 Å². The molecule has 0 fully saturated rings. The smallest absolute Gasteiger partial charge is 0.0488 e. The maximum atomic E-state index is 3.54. The summed E-state index contributed by atoms with van der Waals surface area (Å²) < 4.78 is 0. The minimum atomic E-state index is 1.24. The minimum Gasteiger partial charge on any atom is -0.358 e. The highest BCUT2D eigenvalue weighted by atomic mass is 14.7. The van der Waals surface area contributed by atoms with E-state index in [0.717, 1.165) is 0 Å². The average molecular weight is 171 g/mol. The van der Waals surface area contributed by atoms with Crippen LogP contribution in [0.4, 0.5) is 0 Å². The van der Waals surface area contributed by atoms with Crippen molar-refractivity contribution < 1.29 is 0 Å². The lowest BCUT2D eigenvalue weighted by molar-refractivity contribution is 0.898. The van der Waals surface area contributed by atoms with Crippen molar-refractivity contribution in [3.63, 3.8) is 0 Å². The van der Waals surface area contributed by atoms with Gasteiger partial charge in [-0.3, -0.25) is 0 Å². The third kappa shape index (κ3) is 0.873. The van der Waals surface area contributed by atoms with Crippen molar-refractivity contribution in [3.05, 3.63) is 35.0 Å². The second kappa shape index (κ2) is 2.38. The Hall–Kier alpha value is -1.24. The van der Waals surface area contributed by atoms with Gasteiger partial charge in [0.1, 0.15) is 0 Å². The summed E-state index contributed by atoms with van der Waals surface area (Å²) in [6, 6.07) is 6.57. The van der Waals surface area contributed by atoms with E-state index in [1.807, 2.05) is 0 Å². The molecule has 0 radical (unpaired) electrons. The van der Waals surface area contributed by atoms with Gasteiger partial charge in [0, 0.05) is 16.6 Å². The average Bonchev–Trinajstić information content (AvgIpc) is 2.65. The Morgan fingerprint density at radius 2 is 2.15 bits per heavy atom. The first-order valence-electron chi connectivity index (χ1n) is 4.95. The molecule has 1 aromatic heterocycles. The highest BCUT2D eigenvalue weighted by molar-refractivity contribution is 5.87. The van der Waals surface area contributed by atoms with Crippen LogP contribution in [0.5, 0.6) is 0 Å². The molecule has 1 aliphatic carbocycles. The lowest BCUT2D eigenvalue weighted by Gasteiger charge is -1.96. The number of rotatable bonds is 0. The summed E-state index contributed by atoms with van der Waals surface area (Å²) in [7, 11) is 0. The van der Waals surface area contributed by atoms with E-state index in [1.165, 1.54) is 41.4 Å². The summed E-state index contributed by atoms with van der Waals surface area (Å²) in [5.41, 5.74) is 5.77. The number of benzene rings is 1. The molecule has 1 heterocycles. The van der Waals surface area contributed by atoms with E-state index in [-0.39, 0.29) is 0 Å². The van der Waals surface area contributed by atoms with Crippen LogP contribution in [0.25, 0.3) is 10.9 Å². The fourth-order valence-electron chi connectivity index (χ4n) is 2.41. The van der Waals surface area contributed by atoms with Crippen molar-refractivity contribution in [1.29, 1.82) is 0 Å². The van der Waals surface area contributed by atoms with E-state index in [1.54, 1.807) is 5.56 Å². The van der Waals surface area contributed by atoms with E-state index >= 15 is 0 Å². The maximum absolute atomic E-state index is 3.54. The molecule has 66 valence electrons. The summed E-state index contributed by atoms with van der Waals surface area (Å²) in [4.78, 5) is 3.54. The van der Waals surface area contributed by atoms with Crippen molar-refractivity contribution in [2.24, 2.45) is 0 Å².